The van der Waals surface area contributed by atoms with E-state index in [1.807, 2.05) is 0 Å². The van der Waals surface area contributed by atoms with E-state index in [-0.39, 0.29) is 31.5 Å². The number of carbonyl (C=O) groups excluding carboxylic acids is 1. The molecule has 0 spiro atoms. The number of ketones is 1. The Morgan fingerprint density at radius 3 is 2.06 bits per heavy atom. The number of halogens is 6. The van der Waals surface area contributed by atoms with Crippen LogP contribution in [0.5, 0.6) is 0 Å². The molecule has 0 unspecified atom stereocenters. The van der Waals surface area contributed by atoms with E-state index in [4.69, 9.17) is 74.3 Å². The molecule has 0 radical (unpaired) electrons. The van der Waals surface area contributed by atoms with E-state index in [0.29, 0.717) is 0 Å². The molecule has 0 aromatic rings. The highest BCUT2D eigenvalue weighted by Gasteiger charge is 2.46. The summed E-state index contributed by atoms with van der Waals surface area (Å²) in [6, 6.07) is 0. The van der Waals surface area contributed by atoms with Crippen LogP contribution in [0, 0.1) is 0 Å². The van der Waals surface area contributed by atoms with Crippen LogP contribution in [0.2, 0.25) is 0 Å². The molecule has 0 aromatic heterocycles. The lowest BCUT2D eigenvalue weighted by Crippen LogP contribution is -2.24. The molecule has 0 bridgehead atoms. The molecule has 2 nitrogen and oxygen atoms in total. The molecular formula is C8Cl6O2. The van der Waals surface area contributed by atoms with Crippen molar-refractivity contribution in [1.29, 1.82) is 0 Å². The molecule has 0 atom stereocenters. The van der Waals surface area contributed by atoms with Gasteiger partial charge in [-0.3, -0.25) is 4.79 Å². The quantitative estimate of drug-likeness (QED) is 0.612. The van der Waals surface area contributed by atoms with Gasteiger partial charge in [0.1, 0.15) is 15.1 Å². The van der Waals surface area contributed by atoms with Crippen LogP contribution in [-0.4, -0.2) is 10.3 Å². The standard InChI is InChI=1S/C8Cl6O2/c9-2-1-5(15)3(10)4(11)6(1)16-8(13,14)7(2)12. The molecule has 86 valence electrons. The van der Waals surface area contributed by atoms with E-state index >= 15 is 0 Å². The number of hydrogen-bond acceptors (Lipinski definition) is 2. The third kappa shape index (κ3) is 1.67. The smallest absolute Gasteiger partial charge is 0.297 e. The molecule has 2 rings (SSSR count). The molecule has 16 heavy (non-hydrogen) atoms. The summed E-state index contributed by atoms with van der Waals surface area (Å²) >= 11 is 34.5. The Balaban J connectivity index is 2.65. The van der Waals surface area contributed by atoms with Gasteiger partial charge in [0.2, 0.25) is 5.78 Å². The lowest BCUT2D eigenvalue weighted by Gasteiger charge is -2.27. The summed E-state index contributed by atoms with van der Waals surface area (Å²) in [5.74, 6) is -0.635. The van der Waals surface area contributed by atoms with Crippen molar-refractivity contribution in [3.05, 3.63) is 31.5 Å². The first-order valence-electron chi connectivity index (χ1n) is 3.75. The minimum absolute atomic E-state index is 0.0291. The summed E-state index contributed by atoms with van der Waals surface area (Å²) < 4.78 is 3.20. The second-order valence-corrected chi connectivity index (χ2v) is 5.68. The molecular weight excluding hydrogens is 341 g/mol. The molecule has 0 saturated carbocycles. The van der Waals surface area contributed by atoms with Crippen LogP contribution in [-0.2, 0) is 9.53 Å². The van der Waals surface area contributed by atoms with E-state index in [1.165, 1.54) is 0 Å². The monoisotopic (exact) mass is 338 g/mol. The van der Waals surface area contributed by atoms with Gasteiger partial charge in [0.05, 0.1) is 10.6 Å². The van der Waals surface area contributed by atoms with Gasteiger partial charge in [-0.05, 0) is 0 Å². The molecule has 0 aromatic carbocycles. The fourth-order valence-electron chi connectivity index (χ4n) is 1.23. The van der Waals surface area contributed by atoms with Gasteiger partial charge in [0, 0.05) is 0 Å². The fraction of sp³-hybridized carbons (Fsp3) is 0.125. The van der Waals surface area contributed by atoms with Crippen molar-refractivity contribution < 1.29 is 9.53 Å². The van der Waals surface area contributed by atoms with Crippen LogP contribution in [0.3, 0.4) is 0 Å². The first-order valence-corrected chi connectivity index (χ1v) is 6.01. The number of Topliss-reactive ketones (excluding diaryl/α,β-unsaturated/α-hetero) is 1. The largest absolute Gasteiger partial charge is 0.450 e. The first kappa shape index (κ1) is 12.9. The summed E-state index contributed by atoms with van der Waals surface area (Å²) in [6.07, 6.45) is 0. The molecule has 1 aliphatic heterocycles. The summed E-state index contributed by atoms with van der Waals surface area (Å²) in [7, 11) is 0. The molecule has 1 heterocycles. The average Bonchev–Trinajstić information content (AvgIpc) is 2.40. The van der Waals surface area contributed by atoms with Gasteiger partial charge in [0.25, 0.3) is 4.52 Å². The highest BCUT2D eigenvalue weighted by molar-refractivity contribution is 6.60. The SMILES string of the molecule is O=C1C(Cl)=C(Cl)C2=C1C(Cl)=C(Cl)C(Cl)(Cl)O2. The summed E-state index contributed by atoms with van der Waals surface area (Å²) in [5.41, 5.74) is -0.0291. The lowest BCUT2D eigenvalue weighted by atomic mass is 10.1. The van der Waals surface area contributed by atoms with Gasteiger partial charge in [-0.15, -0.1) is 0 Å². The molecule has 0 saturated heterocycles. The van der Waals surface area contributed by atoms with E-state index in [2.05, 4.69) is 0 Å². The third-order valence-electron chi connectivity index (χ3n) is 1.94. The Morgan fingerprint density at radius 2 is 1.50 bits per heavy atom. The predicted molar refractivity (Wildman–Crippen MR) is 65.0 cm³/mol. The Kier molecular flexibility index (Phi) is 3.20. The van der Waals surface area contributed by atoms with Gasteiger partial charge in [-0.1, -0.05) is 69.6 Å². The average molecular weight is 341 g/mol. The van der Waals surface area contributed by atoms with E-state index in [9.17, 15) is 4.79 Å². The maximum atomic E-state index is 11.6. The molecule has 8 heteroatoms. The van der Waals surface area contributed by atoms with Crippen LogP contribution in [0.1, 0.15) is 0 Å². The minimum Gasteiger partial charge on any atom is -0.450 e. The Bertz CT molecular complexity index is 499. The number of hydrogen-bond donors (Lipinski definition) is 0. The zero-order valence-electron chi connectivity index (χ0n) is 7.08. The van der Waals surface area contributed by atoms with Crippen molar-refractivity contribution in [2.24, 2.45) is 0 Å². The molecule has 0 N–H and O–H groups in total. The second-order valence-electron chi connectivity index (χ2n) is 2.91. The number of rotatable bonds is 0. The van der Waals surface area contributed by atoms with Gasteiger partial charge in [0.15, 0.2) is 5.76 Å². The topological polar surface area (TPSA) is 26.3 Å². The Labute approximate surface area is 120 Å². The van der Waals surface area contributed by atoms with Gasteiger partial charge < -0.3 is 4.74 Å². The minimum atomic E-state index is -1.88. The van der Waals surface area contributed by atoms with Crippen molar-refractivity contribution in [3.8, 4) is 0 Å². The Hall–Kier alpha value is 0.430. The van der Waals surface area contributed by atoms with Crippen molar-refractivity contribution in [2.75, 3.05) is 0 Å². The van der Waals surface area contributed by atoms with Crippen LogP contribution in [0.4, 0.5) is 0 Å². The normalized spacial score (nSPS) is 24.0. The van der Waals surface area contributed by atoms with Crippen molar-refractivity contribution in [2.45, 2.75) is 4.52 Å². The van der Waals surface area contributed by atoms with Crippen LogP contribution < -0.4 is 0 Å². The van der Waals surface area contributed by atoms with E-state index in [0.717, 1.165) is 0 Å². The summed E-state index contributed by atoms with van der Waals surface area (Å²) in [6.45, 7) is 0. The molecule has 1 aliphatic carbocycles. The van der Waals surface area contributed by atoms with Crippen molar-refractivity contribution in [3.63, 3.8) is 0 Å². The van der Waals surface area contributed by atoms with Gasteiger partial charge >= 0.3 is 0 Å². The lowest BCUT2D eigenvalue weighted by molar-refractivity contribution is -0.111. The van der Waals surface area contributed by atoms with E-state index in [1.54, 1.807) is 0 Å². The Morgan fingerprint density at radius 1 is 0.938 bits per heavy atom. The number of allylic oxidation sites excluding steroid dienone is 4. The summed E-state index contributed by atoms with van der Waals surface area (Å²) in [4.78, 5) is 11.6. The van der Waals surface area contributed by atoms with Crippen molar-refractivity contribution >= 4 is 75.4 Å². The predicted octanol–water partition coefficient (Wildman–Crippen LogP) is 4.36. The van der Waals surface area contributed by atoms with Crippen molar-refractivity contribution in [1.82, 2.24) is 0 Å². The molecule has 2 aliphatic rings. The zero-order chi connectivity index (χ0) is 12.2. The first-order chi connectivity index (χ1) is 7.27. The number of alkyl halides is 2. The molecule has 0 amide bonds. The van der Waals surface area contributed by atoms with Gasteiger partial charge in [-0.25, -0.2) is 0 Å². The highest BCUT2D eigenvalue weighted by Crippen LogP contribution is 2.51. The van der Waals surface area contributed by atoms with Crippen LogP contribution in [0.25, 0.3) is 0 Å². The number of ether oxygens (including phenoxy) is 1. The highest BCUT2D eigenvalue weighted by atomic mass is 35.5. The maximum Gasteiger partial charge on any atom is 0.297 e. The second kappa shape index (κ2) is 3.98. The number of carbonyl (C=O) groups is 1. The fourth-order valence-corrected chi connectivity index (χ4v) is 2.50. The molecule has 0 fully saturated rings. The summed E-state index contributed by atoms with van der Waals surface area (Å²) in [5, 5.41) is -0.623. The van der Waals surface area contributed by atoms with Crippen LogP contribution >= 0.6 is 69.6 Å². The van der Waals surface area contributed by atoms with Gasteiger partial charge in [-0.2, -0.15) is 0 Å². The third-order valence-corrected chi connectivity index (χ3v) is 4.42. The van der Waals surface area contributed by atoms with E-state index < -0.39 is 10.3 Å². The maximum absolute atomic E-state index is 11.6. The zero-order valence-corrected chi connectivity index (χ0v) is 11.6. The van der Waals surface area contributed by atoms with Crippen LogP contribution in [0.15, 0.2) is 31.5 Å².